The average Bonchev–Trinajstić information content (AvgIpc) is 2.96. The zero-order valence-electron chi connectivity index (χ0n) is 11.7. The molecule has 118 valence electrons. The molecule has 8 heteroatoms. The molecule has 0 radical (unpaired) electrons. The maximum absolute atomic E-state index is 12.3. The molecule has 0 saturated heterocycles. The van der Waals surface area contributed by atoms with Gasteiger partial charge in [0.25, 0.3) is 10.0 Å². The van der Waals surface area contributed by atoms with Gasteiger partial charge >= 0.3 is 0 Å². The van der Waals surface area contributed by atoms with Gasteiger partial charge in [-0.3, -0.25) is 4.72 Å². The number of nitrogen functional groups attached to an aromatic ring is 1. The molecule has 0 fully saturated rings. The van der Waals surface area contributed by atoms with Crippen LogP contribution in [0.5, 0.6) is 0 Å². The van der Waals surface area contributed by atoms with Crippen LogP contribution in [0.2, 0.25) is 5.02 Å². The highest BCUT2D eigenvalue weighted by Crippen LogP contribution is 2.27. The van der Waals surface area contributed by atoms with Crippen LogP contribution >= 0.6 is 22.9 Å². The molecule has 0 amide bonds. The molecule has 0 aliphatic heterocycles. The molecule has 3 aromatic rings. The number of thiazole rings is 1. The number of hydrogen-bond donors (Lipinski definition) is 2. The summed E-state index contributed by atoms with van der Waals surface area (Å²) in [7, 11) is -3.68. The van der Waals surface area contributed by atoms with Crippen molar-refractivity contribution < 1.29 is 8.42 Å². The van der Waals surface area contributed by atoms with Gasteiger partial charge in [0.1, 0.15) is 0 Å². The minimum Gasteiger partial charge on any atom is -0.399 e. The third-order valence-corrected chi connectivity index (χ3v) is 5.55. The lowest BCUT2D eigenvalue weighted by Crippen LogP contribution is -2.12. The van der Waals surface area contributed by atoms with Crippen LogP contribution in [0.4, 0.5) is 10.8 Å². The van der Waals surface area contributed by atoms with Crippen molar-refractivity contribution in [2.45, 2.75) is 4.90 Å². The number of hydrogen-bond acceptors (Lipinski definition) is 5. The van der Waals surface area contributed by atoms with Gasteiger partial charge in [0.15, 0.2) is 5.13 Å². The van der Waals surface area contributed by atoms with Crippen LogP contribution in [-0.2, 0) is 10.0 Å². The molecule has 2 aromatic carbocycles. The van der Waals surface area contributed by atoms with E-state index >= 15 is 0 Å². The van der Waals surface area contributed by atoms with Gasteiger partial charge in [0.2, 0.25) is 0 Å². The Morgan fingerprint density at radius 2 is 1.70 bits per heavy atom. The van der Waals surface area contributed by atoms with Gasteiger partial charge in [-0.05, 0) is 36.4 Å². The molecule has 5 nitrogen and oxygen atoms in total. The average molecular weight is 366 g/mol. The number of halogens is 1. The maximum Gasteiger partial charge on any atom is 0.263 e. The standard InChI is InChI=1S/C15H12ClN3O2S2/c16-11-3-1-10(2-4-11)14-9-22-15(18-14)19-23(20,21)13-7-5-12(17)6-8-13/h1-9H,17H2,(H,18,19). The van der Waals surface area contributed by atoms with E-state index < -0.39 is 10.0 Å². The highest BCUT2D eigenvalue weighted by Gasteiger charge is 2.16. The fourth-order valence-electron chi connectivity index (χ4n) is 1.89. The number of anilines is 2. The van der Waals surface area contributed by atoms with Gasteiger partial charge in [-0.2, -0.15) is 0 Å². The predicted octanol–water partition coefficient (Wildman–Crippen LogP) is 3.85. The molecule has 0 spiro atoms. The van der Waals surface area contributed by atoms with Crippen LogP contribution in [0.25, 0.3) is 11.3 Å². The molecular weight excluding hydrogens is 354 g/mol. The van der Waals surface area contributed by atoms with E-state index in [1.165, 1.54) is 35.6 Å². The third-order valence-electron chi connectivity index (χ3n) is 3.06. The first kappa shape index (κ1) is 15.8. The van der Waals surface area contributed by atoms with E-state index in [2.05, 4.69) is 9.71 Å². The number of rotatable bonds is 4. The summed E-state index contributed by atoms with van der Waals surface area (Å²) in [6.07, 6.45) is 0. The first-order chi connectivity index (χ1) is 10.9. The summed E-state index contributed by atoms with van der Waals surface area (Å²) in [5.74, 6) is 0. The van der Waals surface area contributed by atoms with E-state index in [4.69, 9.17) is 17.3 Å². The Bertz CT molecular complexity index is 920. The summed E-state index contributed by atoms with van der Waals surface area (Å²) < 4.78 is 27.1. The lowest BCUT2D eigenvalue weighted by molar-refractivity contribution is 0.601. The molecule has 0 aliphatic rings. The molecule has 1 heterocycles. The molecule has 0 aliphatic carbocycles. The molecule has 1 aromatic heterocycles. The van der Waals surface area contributed by atoms with Gasteiger partial charge < -0.3 is 5.73 Å². The van der Waals surface area contributed by atoms with E-state index in [9.17, 15) is 8.42 Å². The Hall–Kier alpha value is -2.09. The Balaban J connectivity index is 1.83. The summed E-state index contributed by atoms with van der Waals surface area (Å²) in [6.45, 7) is 0. The highest BCUT2D eigenvalue weighted by molar-refractivity contribution is 7.93. The molecule has 0 unspecified atom stereocenters. The lowest BCUT2D eigenvalue weighted by Gasteiger charge is -2.05. The number of sulfonamides is 1. The quantitative estimate of drug-likeness (QED) is 0.688. The van der Waals surface area contributed by atoms with Crippen molar-refractivity contribution in [3.8, 4) is 11.3 Å². The summed E-state index contributed by atoms with van der Waals surface area (Å²) in [6, 6.07) is 13.1. The molecule has 3 rings (SSSR count). The fraction of sp³-hybridized carbons (Fsp3) is 0. The Morgan fingerprint density at radius 3 is 2.35 bits per heavy atom. The topological polar surface area (TPSA) is 85.1 Å². The van der Waals surface area contributed by atoms with Crippen molar-refractivity contribution in [2.75, 3.05) is 10.5 Å². The predicted molar refractivity (Wildman–Crippen MR) is 94.2 cm³/mol. The van der Waals surface area contributed by atoms with Crippen molar-refractivity contribution in [2.24, 2.45) is 0 Å². The first-order valence-corrected chi connectivity index (χ1v) is 9.28. The SMILES string of the molecule is Nc1ccc(S(=O)(=O)Nc2nc(-c3ccc(Cl)cc3)cs2)cc1. The largest absolute Gasteiger partial charge is 0.399 e. The Morgan fingerprint density at radius 1 is 1.04 bits per heavy atom. The van der Waals surface area contributed by atoms with Gasteiger partial charge in [-0.25, -0.2) is 13.4 Å². The zero-order valence-corrected chi connectivity index (χ0v) is 14.1. The Kier molecular flexibility index (Phi) is 4.25. The van der Waals surface area contributed by atoms with E-state index in [0.717, 1.165) is 5.56 Å². The van der Waals surface area contributed by atoms with Crippen LogP contribution in [0, 0.1) is 0 Å². The number of nitrogens with two attached hydrogens (primary N) is 1. The smallest absolute Gasteiger partial charge is 0.263 e. The number of nitrogens with one attached hydrogen (secondary N) is 1. The van der Waals surface area contributed by atoms with Crippen molar-refractivity contribution in [3.63, 3.8) is 0 Å². The summed E-state index contributed by atoms with van der Waals surface area (Å²) in [5.41, 5.74) is 7.62. The van der Waals surface area contributed by atoms with Gasteiger partial charge in [-0.1, -0.05) is 23.7 Å². The Labute approximate surface area is 142 Å². The summed E-state index contributed by atoms with van der Waals surface area (Å²) in [5, 5.41) is 2.71. The van der Waals surface area contributed by atoms with Crippen molar-refractivity contribution in [1.29, 1.82) is 0 Å². The van der Waals surface area contributed by atoms with Gasteiger partial charge in [0, 0.05) is 21.7 Å². The second-order valence-electron chi connectivity index (χ2n) is 4.72. The van der Waals surface area contributed by atoms with Crippen LogP contribution < -0.4 is 10.5 Å². The molecular formula is C15H12ClN3O2S2. The van der Waals surface area contributed by atoms with Gasteiger partial charge in [-0.15, -0.1) is 11.3 Å². The summed E-state index contributed by atoms with van der Waals surface area (Å²) in [4.78, 5) is 4.43. The number of aromatic nitrogens is 1. The first-order valence-electron chi connectivity index (χ1n) is 6.54. The zero-order chi connectivity index (χ0) is 16.4. The monoisotopic (exact) mass is 365 g/mol. The minimum atomic E-state index is -3.68. The van der Waals surface area contributed by atoms with Gasteiger partial charge in [0.05, 0.1) is 10.6 Å². The minimum absolute atomic E-state index is 0.134. The van der Waals surface area contributed by atoms with E-state index in [1.54, 1.807) is 17.5 Å². The number of nitrogens with zero attached hydrogens (tertiary/aromatic N) is 1. The molecule has 0 saturated carbocycles. The van der Waals surface area contributed by atoms with E-state index in [-0.39, 0.29) is 4.90 Å². The third kappa shape index (κ3) is 3.64. The second kappa shape index (κ2) is 6.19. The normalized spacial score (nSPS) is 11.3. The molecule has 0 atom stereocenters. The molecule has 0 bridgehead atoms. The van der Waals surface area contributed by atoms with Crippen LogP contribution in [-0.4, -0.2) is 13.4 Å². The van der Waals surface area contributed by atoms with Crippen LogP contribution in [0.1, 0.15) is 0 Å². The molecule has 3 N–H and O–H groups in total. The van der Waals surface area contributed by atoms with E-state index in [0.29, 0.717) is 21.5 Å². The van der Waals surface area contributed by atoms with Crippen LogP contribution in [0.15, 0.2) is 58.8 Å². The van der Waals surface area contributed by atoms with Crippen molar-refractivity contribution in [1.82, 2.24) is 4.98 Å². The van der Waals surface area contributed by atoms with Crippen molar-refractivity contribution >= 4 is 43.8 Å². The summed E-state index contributed by atoms with van der Waals surface area (Å²) >= 11 is 7.07. The fourth-order valence-corrected chi connectivity index (χ4v) is 3.99. The maximum atomic E-state index is 12.3. The van der Waals surface area contributed by atoms with Crippen molar-refractivity contribution in [3.05, 3.63) is 58.9 Å². The highest BCUT2D eigenvalue weighted by atomic mass is 35.5. The number of benzene rings is 2. The molecule has 23 heavy (non-hydrogen) atoms. The van der Waals surface area contributed by atoms with E-state index in [1.807, 2.05) is 12.1 Å². The lowest BCUT2D eigenvalue weighted by atomic mass is 10.2. The van der Waals surface area contributed by atoms with Crippen LogP contribution in [0.3, 0.4) is 0 Å². The second-order valence-corrected chi connectivity index (χ2v) is 7.70.